The zero-order valence-corrected chi connectivity index (χ0v) is 18.7. The van der Waals surface area contributed by atoms with Gasteiger partial charge in [0.25, 0.3) is 10.0 Å². The predicted octanol–water partition coefficient (Wildman–Crippen LogP) is 2.72. The Morgan fingerprint density at radius 1 is 1.42 bits per heavy atom. The number of pyridine rings is 1. The highest BCUT2D eigenvalue weighted by Crippen LogP contribution is 2.37. The summed E-state index contributed by atoms with van der Waals surface area (Å²) in [4.78, 5) is 17.3. The van der Waals surface area contributed by atoms with Gasteiger partial charge >= 0.3 is 6.03 Å². The van der Waals surface area contributed by atoms with Crippen LogP contribution in [-0.2, 0) is 10.0 Å². The molecule has 164 valence electrons. The van der Waals surface area contributed by atoms with Crippen LogP contribution >= 0.6 is 15.9 Å². The number of amides is 2. The van der Waals surface area contributed by atoms with Gasteiger partial charge in [-0.15, -0.1) is 4.40 Å². The Balaban J connectivity index is 2.53. The number of sulfonamides is 1. The van der Waals surface area contributed by atoms with Crippen LogP contribution in [0.3, 0.4) is 0 Å². The minimum Gasteiger partial charge on any atom is -0.495 e. The molecule has 31 heavy (non-hydrogen) atoms. The Hall–Kier alpha value is -3.32. The van der Waals surface area contributed by atoms with E-state index in [0.717, 1.165) is 29.5 Å². The maximum absolute atomic E-state index is 14.2. The molecule has 0 saturated carbocycles. The van der Waals surface area contributed by atoms with Crippen molar-refractivity contribution >= 4 is 55.5 Å². The Labute approximate surface area is 186 Å². The van der Waals surface area contributed by atoms with Crippen LogP contribution in [0.4, 0.5) is 20.7 Å². The fraction of sp³-hybridized carbons (Fsp3) is 0.111. The van der Waals surface area contributed by atoms with Gasteiger partial charge in [-0.25, -0.2) is 19.1 Å². The molecule has 0 spiro atoms. The minimum absolute atomic E-state index is 0.000948. The van der Waals surface area contributed by atoms with Crippen molar-refractivity contribution < 1.29 is 22.3 Å². The van der Waals surface area contributed by atoms with E-state index in [1.165, 1.54) is 38.4 Å². The first-order chi connectivity index (χ1) is 14.6. The zero-order chi connectivity index (χ0) is 23.2. The molecule has 0 atom stereocenters. The molecule has 1 aromatic carbocycles. The largest absolute Gasteiger partial charge is 0.495 e. The fourth-order valence-electron chi connectivity index (χ4n) is 2.33. The number of halogens is 2. The van der Waals surface area contributed by atoms with Gasteiger partial charge in [-0.3, -0.25) is 0 Å². The number of nitrogens with two attached hydrogens (primary N) is 1. The number of carbonyl (C=O) groups excluding carboxylic acids is 1. The smallest absolute Gasteiger partial charge is 0.327 e. The van der Waals surface area contributed by atoms with Crippen LogP contribution < -0.4 is 20.7 Å². The van der Waals surface area contributed by atoms with E-state index in [1.54, 1.807) is 0 Å². The molecule has 0 unspecified atom stereocenters. The summed E-state index contributed by atoms with van der Waals surface area (Å²) in [6.07, 6.45) is 4.26. The molecule has 0 fully saturated rings. The van der Waals surface area contributed by atoms with Gasteiger partial charge in [-0.2, -0.15) is 8.42 Å². The molecule has 2 aromatic rings. The second-order valence-electron chi connectivity index (χ2n) is 5.70. The third-order valence-corrected chi connectivity index (χ3v) is 5.61. The molecule has 1 aromatic heterocycles. The highest BCUT2D eigenvalue weighted by Gasteiger charge is 2.24. The number of nitrogens with one attached hydrogen (secondary N) is 2. The summed E-state index contributed by atoms with van der Waals surface area (Å²) in [6.45, 7) is 0. The number of carbonyl (C=O) groups is 1. The lowest BCUT2D eigenvalue weighted by molar-refractivity contribution is 0.250. The van der Waals surface area contributed by atoms with Gasteiger partial charge in [-0.05, 0) is 46.3 Å². The Kier molecular flexibility index (Phi) is 7.83. The summed E-state index contributed by atoms with van der Waals surface area (Å²) >= 11 is 3.05. The van der Waals surface area contributed by atoms with Gasteiger partial charge < -0.3 is 21.2 Å². The number of ether oxygens (including phenoxy) is 1. The zero-order valence-electron chi connectivity index (χ0n) is 16.3. The molecule has 0 aliphatic carbocycles. The Bertz CT molecular complexity index is 1150. The Morgan fingerprint density at radius 2 is 2.13 bits per heavy atom. The summed E-state index contributed by atoms with van der Waals surface area (Å²) in [7, 11) is -1.46. The minimum atomic E-state index is -4.18. The first-order valence-electron chi connectivity index (χ1n) is 8.43. The molecule has 0 aliphatic heterocycles. The SMILES string of the molecule is CNC(=O)N(c1ccc(S(=O)(=O)/N=C(N)\C=C/C=N)cn1)c1cc(F)c(Br)cc1OC. The third-order valence-electron chi connectivity index (χ3n) is 3.72. The van der Waals surface area contributed by atoms with Crippen LogP contribution in [0.2, 0.25) is 0 Å². The normalized spacial score (nSPS) is 11.9. The second kappa shape index (κ2) is 10.1. The van der Waals surface area contributed by atoms with Gasteiger partial charge in [0, 0.05) is 25.5 Å². The fourth-order valence-corrected chi connectivity index (χ4v) is 3.52. The van der Waals surface area contributed by atoms with Crippen molar-refractivity contribution in [2.75, 3.05) is 19.1 Å². The van der Waals surface area contributed by atoms with Crippen molar-refractivity contribution in [3.8, 4) is 5.75 Å². The molecule has 13 heteroatoms. The average molecular weight is 513 g/mol. The van der Waals surface area contributed by atoms with Gasteiger partial charge in [0.15, 0.2) is 0 Å². The summed E-state index contributed by atoms with van der Waals surface area (Å²) < 4.78 is 47.7. The topological polar surface area (TPSA) is 151 Å². The standard InChI is InChI=1S/C18H18BrFN6O4S/c1-23-18(27)26(14-9-13(20)12(19)8-15(14)30-2)17-6-5-11(10-24-17)31(28,29)25-16(22)4-3-7-21/h3-10,21H,1-2H3,(H2,22,25)(H,23,27)/b4-3-,21-7?. The van der Waals surface area contributed by atoms with Gasteiger partial charge in [0.2, 0.25) is 0 Å². The molecule has 2 rings (SSSR count). The molecular weight excluding hydrogens is 495 g/mol. The summed E-state index contributed by atoms with van der Waals surface area (Å²) in [6, 6.07) is 4.18. The highest BCUT2D eigenvalue weighted by molar-refractivity contribution is 9.10. The second-order valence-corrected chi connectivity index (χ2v) is 8.16. The number of benzene rings is 1. The quantitative estimate of drug-likeness (QED) is 0.383. The van der Waals surface area contributed by atoms with Crippen molar-refractivity contribution in [3.63, 3.8) is 0 Å². The van der Waals surface area contributed by atoms with E-state index in [4.69, 9.17) is 15.9 Å². The lowest BCUT2D eigenvalue weighted by Gasteiger charge is -2.23. The number of methoxy groups -OCH3 is 1. The summed E-state index contributed by atoms with van der Waals surface area (Å²) in [5, 5.41) is 9.29. The number of hydrogen-bond acceptors (Lipinski definition) is 6. The lowest BCUT2D eigenvalue weighted by Crippen LogP contribution is -2.35. The molecule has 2 amide bonds. The van der Waals surface area contributed by atoms with Gasteiger partial charge in [0.1, 0.15) is 28.1 Å². The molecule has 0 aliphatic rings. The molecule has 0 radical (unpaired) electrons. The maximum atomic E-state index is 14.2. The van der Waals surface area contributed by atoms with Crippen molar-refractivity contribution in [1.82, 2.24) is 10.3 Å². The van der Waals surface area contributed by atoms with Gasteiger partial charge in [0.05, 0.1) is 17.3 Å². The van der Waals surface area contributed by atoms with Crippen LogP contribution in [0.5, 0.6) is 5.75 Å². The van der Waals surface area contributed by atoms with Crippen LogP contribution in [0, 0.1) is 11.2 Å². The summed E-state index contributed by atoms with van der Waals surface area (Å²) in [5.74, 6) is -0.800. The van der Waals surface area contributed by atoms with Crippen molar-refractivity contribution in [2.24, 2.45) is 10.1 Å². The number of rotatable bonds is 7. The summed E-state index contributed by atoms with van der Waals surface area (Å²) in [5.41, 5.74) is 5.55. The number of aromatic nitrogens is 1. The van der Waals surface area contributed by atoms with Crippen molar-refractivity contribution in [2.45, 2.75) is 4.90 Å². The molecule has 10 nitrogen and oxygen atoms in total. The van der Waals surface area contributed by atoms with Crippen LogP contribution in [0.25, 0.3) is 0 Å². The first kappa shape index (κ1) is 24.0. The van der Waals surface area contributed by atoms with Gasteiger partial charge in [-0.1, -0.05) is 0 Å². The maximum Gasteiger partial charge on any atom is 0.327 e. The van der Waals surface area contributed by atoms with Crippen LogP contribution in [-0.4, -0.2) is 45.6 Å². The van der Waals surface area contributed by atoms with E-state index in [-0.39, 0.29) is 32.5 Å². The predicted molar refractivity (Wildman–Crippen MR) is 118 cm³/mol. The number of allylic oxidation sites excluding steroid dienone is 1. The van der Waals surface area contributed by atoms with Crippen molar-refractivity contribution in [3.05, 3.63) is 52.9 Å². The van der Waals surface area contributed by atoms with Crippen LogP contribution in [0.1, 0.15) is 0 Å². The van der Waals surface area contributed by atoms with E-state index in [1.807, 2.05) is 0 Å². The number of amidine groups is 1. The van der Waals surface area contributed by atoms with E-state index in [9.17, 15) is 17.6 Å². The number of anilines is 2. The average Bonchev–Trinajstić information content (AvgIpc) is 2.74. The van der Waals surface area contributed by atoms with E-state index >= 15 is 0 Å². The molecule has 0 saturated heterocycles. The molecular formula is C18H18BrFN6O4S. The Morgan fingerprint density at radius 3 is 2.68 bits per heavy atom. The highest BCUT2D eigenvalue weighted by atomic mass is 79.9. The number of hydrogen-bond donors (Lipinski definition) is 3. The van der Waals surface area contributed by atoms with Crippen molar-refractivity contribution in [1.29, 1.82) is 5.41 Å². The molecule has 0 bridgehead atoms. The first-order valence-corrected chi connectivity index (χ1v) is 10.7. The van der Waals surface area contributed by atoms with E-state index in [0.29, 0.717) is 0 Å². The molecule has 1 heterocycles. The molecule has 4 N–H and O–H groups in total. The van der Waals surface area contributed by atoms with Crippen LogP contribution in [0.15, 0.2) is 56.4 Å². The third kappa shape index (κ3) is 5.64. The monoisotopic (exact) mass is 512 g/mol. The van der Waals surface area contributed by atoms with E-state index < -0.39 is 21.9 Å². The lowest BCUT2D eigenvalue weighted by atomic mass is 10.2. The van der Waals surface area contributed by atoms with E-state index in [2.05, 4.69) is 30.6 Å². The number of urea groups is 1. The number of nitrogens with zero attached hydrogens (tertiary/aromatic N) is 3.